The van der Waals surface area contributed by atoms with E-state index in [-0.39, 0.29) is 10.8 Å². The monoisotopic (exact) mass is 811 g/mol. The highest BCUT2D eigenvalue weighted by Gasteiger charge is 2.38. The van der Waals surface area contributed by atoms with Crippen LogP contribution in [0.5, 0.6) is 0 Å². The number of hydrogen-bond donors (Lipinski definition) is 0. The Labute approximate surface area is 368 Å². The number of rotatable bonds is 6. The van der Waals surface area contributed by atoms with E-state index in [0.717, 1.165) is 17.1 Å². The molecular weight excluding hydrogens is 767 g/mol. The fourth-order valence-corrected chi connectivity index (χ4v) is 12.0. The highest BCUT2D eigenvalue weighted by molar-refractivity contribution is 7.25. The van der Waals surface area contributed by atoms with Gasteiger partial charge in [0.25, 0.3) is 0 Å². The topological polar surface area (TPSA) is 3.24 Å². The van der Waals surface area contributed by atoms with Crippen LogP contribution in [-0.4, -0.2) is 0 Å². The van der Waals surface area contributed by atoms with Crippen LogP contribution in [0.2, 0.25) is 0 Å². The van der Waals surface area contributed by atoms with Crippen LogP contribution in [0.15, 0.2) is 200 Å². The average molecular weight is 812 g/mol. The van der Waals surface area contributed by atoms with Crippen LogP contribution >= 0.6 is 11.3 Å². The molecule has 0 bridgehead atoms. The number of anilines is 3. The summed E-state index contributed by atoms with van der Waals surface area (Å²) < 4.78 is 2.61. The zero-order chi connectivity index (χ0) is 41.7. The molecule has 1 nitrogen and oxygen atoms in total. The molecule has 0 unspecified atom stereocenters. The minimum Gasteiger partial charge on any atom is -0.309 e. The van der Waals surface area contributed by atoms with Gasteiger partial charge >= 0.3 is 0 Å². The smallest absolute Gasteiger partial charge is 0.0540 e. The van der Waals surface area contributed by atoms with Crippen LogP contribution < -0.4 is 4.90 Å². The Morgan fingerprint density at radius 2 is 0.855 bits per heavy atom. The van der Waals surface area contributed by atoms with E-state index in [4.69, 9.17) is 0 Å². The molecule has 0 spiro atoms. The third-order valence-corrected chi connectivity index (χ3v) is 15.1. The first kappa shape index (κ1) is 36.8. The normalized spacial score (nSPS) is 14.1. The van der Waals surface area contributed by atoms with Gasteiger partial charge in [0, 0.05) is 47.8 Å². The summed E-state index contributed by atoms with van der Waals surface area (Å²) in [5.74, 6) is 0. The standard InChI is InChI=1S/C60H45NS/c1-59(2)50-25-11-6-20-47(50)57-45(22-15-26-51(57)59)43-18-7-12-27-53(43)61(54-28-13-8-19-44(54)46-23-16-30-56-58(46)48-21-9-14-29-55(48)62-56)40-34-31-38(32-35-40)39-33-36-42-41-17-5-10-24-49(41)60(3,4)52(42)37-39/h5-37H,1-4H3. The van der Waals surface area contributed by atoms with Gasteiger partial charge in [0.2, 0.25) is 0 Å². The first-order chi connectivity index (χ1) is 30.3. The van der Waals surface area contributed by atoms with Crippen molar-refractivity contribution in [3.63, 3.8) is 0 Å². The molecule has 0 saturated heterocycles. The maximum Gasteiger partial charge on any atom is 0.0540 e. The van der Waals surface area contributed by atoms with Crippen molar-refractivity contribution in [3.05, 3.63) is 222 Å². The predicted octanol–water partition coefficient (Wildman–Crippen LogP) is 17.1. The predicted molar refractivity (Wildman–Crippen MR) is 265 cm³/mol. The molecule has 0 amide bonds. The summed E-state index contributed by atoms with van der Waals surface area (Å²) in [5, 5.41) is 2.61. The molecule has 10 aromatic rings. The van der Waals surface area contributed by atoms with Crippen LogP contribution in [-0.2, 0) is 10.8 Å². The van der Waals surface area contributed by atoms with Crippen LogP contribution in [0.1, 0.15) is 49.9 Å². The molecule has 1 aromatic heterocycles. The summed E-state index contributed by atoms with van der Waals surface area (Å²) in [6.07, 6.45) is 0. The molecule has 0 atom stereocenters. The average Bonchev–Trinajstić information content (AvgIpc) is 3.89. The first-order valence-corrected chi connectivity index (χ1v) is 22.6. The summed E-state index contributed by atoms with van der Waals surface area (Å²) in [4.78, 5) is 2.51. The van der Waals surface area contributed by atoms with E-state index in [1.807, 2.05) is 11.3 Å². The molecule has 9 aromatic carbocycles. The van der Waals surface area contributed by atoms with Gasteiger partial charge in [-0.15, -0.1) is 11.3 Å². The molecule has 296 valence electrons. The quantitative estimate of drug-likeness (QED) is 0.162. The van der Waals surface area contributed by atoms with E-state index >= 15 is 0 Å². The summed E-state index contributed by atoms with van der Waals surface area (Å²) in [6, 6.07) is 74.8. The van der Waals surface area contributed by atoms with Crippen LogP contribution in [0, 0.1) is 0 Å². The molecule has 0 radical (unpaired) electrons. The third kappa shape index (κ3) is 5.39. The Morgan fingerprint density at radius 3 is 1.61 bits per heavy atom. The number of thiophene rings is 1. The molecule has 2 aliphatic carbocycles. The van der Waals surface area contributed by atoms with Crippen molar-refractivity contribution < 1.29 is 0 Å². The minimum atomic E-state index is -0.101. The van der Waals surface area contributed by atoms with E-state index in [1.54, 1.807) is 0 Å². The lowest BCUT2D eigenvalue weighted by Crippen LogP contribution is -2.15. The van der Waals surface area contributed by atoms with E-state index in [2.05, 4.69) is 233 Å². The summed E-state index contributed by atoms with van der Waals surface area (Å²) >= 11 is 1.87. The molecular formula is C60H45NS. The van der Waals surface area contributed by atoms with Crippen molar-refractivity contribution in [1.82, 2.24) is 0 Å². The molecule has 62 heavy (non-hydrogen) atoms. The zero-order valence-corrected chi connectivity index (χ0v) is 36.2. The SMILES string of the molecule is CC1(C)c2ccccc2-c2ccc(-c3ccc(N(c4ccccc4-c4cccc5c4-c4ccccc4C5(C)C)c4ccccc4-c4cccc5sc6ccccc6c45)cc3)cc21. The van der Waals surface area contributed by atoms with E-state index in [0.29, 0.717) is 0 Å². The van der Waals surface area contributed by atoms with Gasteiger partial charge in [-0.2, -0.15) is 0 Å². The Bertz CT molecular complexity index is 3420. The highest BCUT2D eigenvalue weighted by Crippen LogP contribution is 2.55. The summed E-state index contributed by atoms with van der Waals surface area (Å²) in [6.45, 7) is 9.46. The number of fused-ring (bicyclic) bond motifs is 9. The maximum absolute atomic E-state index is 2.51. The second-order valence-electron chi connectivity index (χ2n) is 18.0. The van der Waals surface area contributed by atoms with Gasteiger partial charge in [0.1, 0.15) is 0 Å². The van der Waals surface area contributed by atoms with Gasteiger partial charge in [-0.3, -0.25) is 0 Å². The lowest BCUT2D eigenvalue weighted by atomic mass is 9.81. The minimum absolute atomic E-state index is 0.0594. The molecule has 0 saturated carbocycles. The molecule has 12 rings (SSSR count). The second-order valence-corrected chi connectivity index (χ2v) is 19.1. The lowest BCUT2D eigenvalue weighted by molar-refractivity contribution is 0.660. The van der Waals surface area contributed by atoms with Gasteiger partial charge in [-0.05, 0) is 109 Å². The number of benzene rings is 9. The van der Waals surface area contributed by atoms with E-state index in [1.165, 1.54) is 98.1 Å². The first-order valence-electron chi connectivity index (χ1n) is 21.8. The van der Waals surface area contributed by atoms with Crippen LogP contribution in [0.25, 0.3) is 75.8 Å². The maximum atomic E-state index is 2.51. The Kier molecular flexibility index (Phi) is 8.17. The second kappa shape index (κ2) is 13.8. The zero-order valence-electron chi connectivity index (χ0n) is 35.4. The van der Waals surface area contributed by atoms with Gasteiger partial charge in [0.15, 0.2) is 0 Å². The fourth-order valence-electron chi connectivity index (χ4n) is 10.9. The van der Waals surface area contributed by atoms with Gasteiger partial charge in [-0.1, -0.05) is 185 Å². The van der Waals surface area contributed by atoms with Crippen molar-refractivity contribution in [2.24, 2.45) is 0 Å². The van der Waals surface area contributed by atoms with Gasteiger partial charge in [-0.25, -0.2) is 0 Å². The number of hydrogen-bond acceptors (Lipinski definition) is 2. The Morgan fingerprint density at radius 1 is 0.355 bits per heavy atom. The Balaban J connectivity index is 1.06. The van der Waals surface area contributed by atoms with Gasteiger partial charge in [0.05, 0.1) is 11.4 Å². The summed E-state index contributed by atoms with van der Waals surface area (Å²) in [5.41, 5.74) is 21.5. The molecule has 0 aliphatic heterocycles. The number of nitrogens with zero attached hydrogens (tertiary/aromatic N) is 1. The molecule has 2 aliphatic rings. The molecule has 1 heterocycles. The number of para-hydroxylation sites is 2. The lowest BCUT2D eigenvalue weighted by Gasteiger charge is -2.30. The third-order valence-electron chi connectivity index (χ3n) is 13.9. The fraction of sp³-hybridized carbons (Fsp3) is 0.100. The summed E-state index contributed by atoms with van der Waals surface area (Å²) in [7, 11) is 0. The van der Waals surface area contributed by atoms with E-state index < -0.39 is 0 Å². The molecule has 0 N–H and O–H groups in total. The van der Waals surface area contributed by atoms with Crippen molar-refractivity contribution >= 4 is 48.6 Å². The Hall–Kier alpha value is -7.00. The van der Waals surface area contributed by atoms with E-state index in [9.17, 15) is 0 Å². The van der Waals surface area contributed by atoms with Gasteiger partial charge < -0.3 is 4.90 Å². The van der Waals surface area contributed by atoms with Crippen molar-refractivity contribution in [3.8, 4) is 55.6 Å². The van der Waals surface area contributed by atoms with Crippen molar-refractivity contribution in [1.29, 1.82) is 0 Å². The van der Waals surface area contributed by atoms with Crippen LogP contribution in [0.3, 0.4) is 0 Å². The largest absolute Gasteiger partial charge is 0.309 e. The highest BCUT2D eigenvalue weighted by atomic mass is 32.1. The van der Waals surface area contributed by atoms with Crippen molar-refractivity contribution in [2.45, 2.75) is 38.5 Å². The molecule has 2 heteroatoms. The van der Waals surface area contributed by atoms with Crippen LogP contribution in [0.4, 0.5) is 17.1 Å². The molecule has 0 fully saturated rings. The van der Waals surface area contributed by atoms with Crippen molar-refractivity contribution in [2.75, 3.05) is 4.90 Å².